The lowest BCUT2D eigenvalue weighted by molar-refractivity contribution is 0.745. The van der Waals surface area contributed by atoms with Gasteiger partial charge in [0, 0.05) is 50.7 Å². The van der Waals surface area contributed by atoms with E-state index in [1.54, 1.807) is 0 Å². The van der Waals surface area contributed by atoms with Crippen LogP contribution in [0.3, 0.4) is 0 Å². The van der Waals surface area contributed by atoms with Crippen molar-refractivity contribution in [3.8, 4) is 22.6 Å². The fraction of sp³-hybridized carbons (Fsp3) is 0.0392. The maximum Gasteiger partial charge on any atom is 0.137 e. The molecular formula is C51H34N4. The Balaban J connectivity index is 1.12. The molecule has 55 heavy (non-hydrogen) atoms. The van der Waals surface area contributed by atoms with Crippen LogP contribution in [0.4, 0.5) is 11.4 Å². The predicted octanol–water partition coefficient (Wildman–Crippen LogP) is 12.8. The molecule has 7 aromatic carbocycles. The lowest BCUT2D eigenvalue weighted by Gasteiger charge is -2.28. The van der Waals surface area contributed by atoms with Crippen LogP contribution in [-0.4, -0.2) is 20.2 Å². The van der Waals surface area contributed by atoms with Crippen LogP contribution >= 0.6 is 0 Å². The van der Waals surface area contributed by atoms with Crippen molar-refractivity contribution in [2.24, 2.45) is 0 Å². The van der Waals surface area contributed by atoms with Gasteiger partial charge in [0.15, 0.2) is 0 Å². The van der Waals surface area contributed by atoms with Gasteiger partial charge in [-0.05, 0) is 112 Å². The summed E-state index contributed by atoms with van der Waals surface area (Å²) in [5.41, 5.74) is 12.1. The van der Waals surface area contributed by atoms with Crippen LogP contribution < -0.4 is 4.90 Å². The van der Waals surface area contributed by atoms with E-state index in [-0.39, 0.29) is 6.04 Å². The van der Waals surface area contributed by atoms with Gasteiger partial charge in [-0.25, -0.2) is 4.98 Å². The number of allylic oxidation sites excluding steroid dienone is 2. The van der Waals surface area contributed by atoms with Gasteiger partial charge in [0.2, 0.25) is 0 Å². The monoisotopic (exact) mass is 702 g/mol. The number of hydrogen-bond acceptors (Lipinski definition) is 2. The summed E-state index contributed by atoms with van der Waals surface area (Å²) in [6.45, 7) is 0. The zero-order valence-corrected chi connectivity index (χ0v) is 29.9. The number of nitrogens with zero attached hydrogens (tertiary/aromatic N) is 4. The quantitative estimate of drug-likeness (QED) is 0.182. The lowest BCUT2D eigenvalue weighted by atomic mass is 9.89. The molecule has 10 aromatic rings. The molecule has 4 nitrogen and oxygen atoms in total. The van der Waals surface area contributed by atoms with Gasteiger partial charge >= 0.3 is 0 Å². The molecule has 1 aliphatic heterocycles. The van der Waals surface area contributed by atoms with E-state index >= 15 is 0 Å². The molecular weight excluding hydrogens is 669 g/mol. The van der Waals surface area contributed by atoms with Crippen molar-refractivity contribution in [2.45, 2.75) is 12.0 Å². The number of para-hydroxylation sites is 2. The topological polar surface area (TPSA) is 26.0 Å². The Labute approximate surface area is 318 Å². The molecule has 2 aliphatic rings. The zero-order valence-electron chi connectivity index (χ0n) is 29.9. The van der Waals surface area contributed by atoms with Gasteiger partial charge in [0.1, 0.15) is 5.82 Å². The minimum atomic E-state index is 0.257. The van der Waals surface area contributed by atoms with E-state index in [9.17, 15) is 0 Å². The maximum absolute atomic E-state index is 4.89. The van der Waals surface area contributed by atoms with E-state index in [0.29, 0.717) is 5.92 Å². The normalized spacial score (nSPS) is 16.2. The fourth-order valence-electron chi connectivity index (χ4n) is 9.39. The molecule has 0 spiro atoms. The molecule has 0 radical (unpaired) electrons. The number of aromatic nitrogens is 3. The van der Waals surface area contributed by atoms with Crippen molar-refractivity contribution in [1.29, 1.82) is 0 Å². The van der Waals surface area contributed by atoms with Gasteiger partial charge < -0.3 is 9.47 Å². The van der Waals surface area contributed by atoms with Gasteiger partial charge in [-0.3, -0.25) is 4.57 Å². The third-order valence-electron chi connectivity index (χ3n) is 11.8. The predicted molar refractivity (Wildman–Crippen MR) is 229 cm³/mol. The van der Waals surface area contributed by atoms with Crippen LogP contribution in [0.5, 0.6) is 0 Å². The molecule has 4 heteroatoms. The highest BCUT2D eigenvalue weighted by molar-refractivity contribution is 6.21. The summed E-state index contributed by atoms with van der Waals surface area (Å²) in [7, 11) is 0. The van der Waals surface area contributed by atoms with Crippen molar-refractivity contribution in [1.82, 2.24) is 14.1 Å². The Morgan fingerprint density at radius 1 is 0.436 bits per heavy atom. The minimum Gasteiger partial charge on any atom is -0.333 e. The Morgan fingerprint density at radius 2 is 1.05 bits per heavy atom. The maximum atomic E-state index is 4.89. The van der Waals surface area contributed by atoms with Gasteiger partial charge in [-0.1, -0.05) is 103 Å². The van der Waals surface area contributed by atoms with E-state index in [4.69, 9.17) is 4.98 Å². The molecule has 3 aromatic heterocycles. The van der Waals surface area contributed by atoms with Crippen molar-refractivity contribution < 1.29 is 0 Å². The number of pyridine rings is 1. The summed E-state index contributed by atoms with van der Waals surface area (Å²) in [5, 5.41) is 7.36. The van der Waals surface area contributed by atoms with Gasteiger partial charge in [-0.2, -0.15) is 0 Å². The first-order valence-electron chi connectivity index (χ1n) is 19.0. The van der Waals surface area contributed by atoms with Crippen LogP contribution in [0, 0.1) is 0 Å². The van der Waals surface area contributed by atoms with E-state index in [1.165, 1.54) is 71.4 Å². The zero-order chi connectivity index (χ0) is 36.0. The van der Waals surface area contributed by atoms with E-state index in [2.05, 4.69) is 196 Å². The number of fused-ring (bicyclic) bond motifs is 10. The first-order valence-corrected chi connectivity index (χ1v) is 19.0. The SMILES string of the molecule is C1=CC2c3cc(-c4ccc5c(c4)c4cc6c(cc4n5-c4ccccn4)c4cc5ccccc5cc4n6-c4ccccc4)ccc3N(c3ccccc3)C2C=C1. The van der Waals surface area contributed by atoms with E-state index in [1.807, 2.05) is 12.3 Å². The van der Waals surface area contributed by atoms with Crippen LogP contribution in [0.2, 0.25) is 0 Å². The van der Waals surface area contributed by atoms with Crippen molar-refractivity contribution in [3.05, 3.63) is 200 Å². The van der Waals surface area contributed by atoms with Gasteiger partial charge in [-0.15, -0.1) is 0 Å². The molecule has 0 amide bonds. The molecule has 12 rings (SSSR count). The third kappa shape index (κ3) is 4.49. The van der Waals surface area contributed by atoms with Crippen LogP contribution in [-0.2, 0) is 0 Å². The highest BCUT2D eigenvalue weighted by Gasteiger charge is 2.37. The Kier molecular flexibility index (Phi) is 6.43. The molecule has 0 fully saturated rings. The average molecular weight is 703 g/mol. The number of anilines is 2. The summed E-state index contributed by atoms with van der Waals surface area (Å²) in [6, 6.07) is 60.2. The summed E-state index contributed by atoms with van der Waals surface area (Å²) >= 11 is 0. The second-order valence-electron chi connectivity index (χ2n) is 14.8. The first-order chi connectivity index (χ1) is 27.3. The average Bonchev–Trinajstić information content (AvgIpc) is 3.87. The van der Waals surface area contributed by atoms with Crippen LogP contribution in [0.15, 0.2) is 194 Å². The number of rotatable bonds is 4. The van der Waals surface area contributed by atoms with Gasteiger partial charge in [0.05, 0.1) is 28.1 Å². The second-order valence-corrected chi connectivity index (χ2v) is 14.8. The highest BCUT2D eigenvalue weighted by Crippen LogP contribution is 2.49. The molecule has 4 heterocycles. The molecule has 2 unspecified atom stereocenters. The minimum absolute atomic E-state index is 0.257. The summed E-state index contributed by atoms with van der Waals surface area (Å²) in [5.74, 6) is 1.20. The molecule has 2 atom stereocenters. The fourth-order valence-corrected chi connectivity index (χ4v) is 9.39. The van der Waals surface area contributed by atoms with Crippen molar-refractivity contribution >= 4 is 65.8 Å². The summed E-state index contributed by atoms with van der Waals surface area (Å²) < 4.78 is 4.77. The largest absolute Gasteiger partial charge is 0.333 e. The van der Waals surface area contributed by atoms with Crippen molar-refractivity contribution in [2.75, 3.05) is 4.90 Å². The highest BCUT2D eigenvalue weighted by atomic mass is 15.2. The van der Waals surface area contributed by atoms with Gasteiger partial charge in [0.25, 0.3) is 0 Å². The van der Waals surface area contributed by atoms with Crippen molar-refractivity contribution in [3.63, 3.8) is 0 Å². The molecule has 0 bridgehead atoms. The van der Waals surface area contributed by atoms with Crippen LogP contribution in [0.25, 0.3) is 77.0 Å². The van der Waals surface area contributed by atoms with E-state index < -0.39 is 0 Å². The number of hydrogen-bond donors (Lipinski definition) is 0. The first kappa shape index (κ1) is 30.3. The molecule has 0 N–H and O–H groups in total. The standard InChI is InChI=1S/C51H34N4/c1-3-15-37(16-4-1)53-45-20-10-9-19-39(45)40-28-35(22-24-46(40)53)36-23-25-47-41(29-36)43-31-49-44(32-50(43)55(47)51-21-11-12-26-52-51)42-27-33-13-7-8-14-34(33)30-48(42)54(49)38-17-5-2-6-18-38/h1-32,39,45H. The summed E-state index contributed by atoms with van der Waals surface area (Å²) in [6.07, 6.45) is 11.0. The molecule has 0 saturated carbocycles. The Bertz CT molecular complexity index is 3210. The lowest BCUT2D eigenvalue weighted by Crippen LogP contribution is -2.28. The summed E-state index contributed by atoms with van der Waals surface area (Å²) in [4.78, 5) is 7.38. The number of benzene rings is 7. The second kappa shape index (κ2) is 11.7. The Hall–Kier alpha value is -7.17. The molecule has 0 saturated heterocycles. The third-order valence-corrected chi connectivity index (χ3v) is 11.8. The smallest absolute Gasteiger partial charge is 0.137 e. The Morgan fingerprint density at radius 3 is 1.84 bits per heavy atom. The molecule has 258 valence electrons. The van der Waals surface area contributed by atoms with E-state index in [0.717, 1.165) is 22.5 Å². The van der Waals surface area contributed by atoms with Crippen LogP contribution in [0.1, 0.15) is 11.5 Å². The molecule has 1 aliphatic carbocycles.